The number of aromatic nitrogens is 1. The Morgan fingerprint density at radius 2 is 1.77 bits per heavy atom. The van der Waals surface area contributed by atoms with E-state index >= 15 is 0 Å². The molecule has 30 heavy (non-hydrogen) atoms. The molecule has 0 aliphatic carbocycles. The number of benzene rings is 2. The Labute approximate surface area is 178 Å². The van der Waals surface area contributed by atoms with Crippen LogP contribution in [0.2, 0.25) is 0 Å². The average Bonchev–Trinajstić information content (AvgIpc) is 3.04. The van der Waals surface area contributed by atoms with Crippen LogP contribution in [0.3, 0.4) is 0 Å². The van der Waals surface area contributed by atoms with Gasteiger partial charge in [0.2, 0.25) is 0 Å². The minimum absolute atomic E-state index is 0.0120. The molecule has 158 valence electrons. The molecule has 0 fully saturated rings. The molecule has 0 radical (unpaired) electrons. The predicted molar refractivity (Wildman–Crippen MR) is 115 cm³/mol. The van der Waals surface area contributed by atoms with E-state index in [2.05, 4.69) is 11.1 Å². The highest BCUT2D eigenvalue weighted by molar-refractivity contribution is 7.16. The van der Waals surface area contributed by atoms with E-state index in [4.69, 9.17) is 14.2 Å². The number of esters is 1. The number of hydrogen-bond donors (Lipinski definition) is 0. The smallest absolute Gasteiger partial charge is 0.325 e. The van der Waals surface area contributed by atoms with Crippen LogP contribution in [0.4, 0.5) is 0 Å². The molecular weight excluding hydrogens is 404 g/mol. The second kappa shape index (κ2) is 9.13. The van der Waals surface area contributed by atoms with Crippen LogP contribution in [0.1, 0.15) is 16.7 Å². The first-order valence-corrected chi connectivity index (χ1v) is 10.1. The molecule has 0 spiro atoms. The zero-order valence-corrected chi connectivity index (χ0v) is 18.5. The molecule has 0 N–H and O–H groups in total. The maximum absolute atomic E-state index is 12.7. The number of carbonyl (C=O) groups is 2. The number of rotatable bonds is 6. The number of fused-ring (bicyclic) bond motifs is 1. The van der Waals surface area contributed by atoms with Crippen molar-refractivity contribution < 1.29 is 23.8 Å². The Hall–Kier alpha value is -3.13. The highest BCUT2D eigenvalue weighted by Crippen LogP contribution is 2.28. The molecule has 0 atom stereocenters. The largest absolute Gasteiger partial charge is 0.493 e. The third-order valence-electron chi connectivity index (χ3n) is 4.65. The Bertz CT molecular complexity index is 1180. The van der Waals surface area contributed by atoms with Gasteiger partial charge in [-0.1, -0.05) is 23.5 Å². The molecule has 3 aromatic rings. The van der Waals surface area contributed by atoms with E-state index in [1.54, 1.807) is 37.0 Å². The second-order valence-electron chi connectivity index (χ2n) is 6.85. The number of aryl methyl sites for hydroxylation is 2. The van der Waals surface area contributed by atoms with Gasteiger partial charge in [-0.15, -0.1) is 0 Å². The van der Waals surface area contributed by atoms with E-state index in [0.29, 0.717) is 16.3 Å². The lowest BCUT2D eigenvalue weighted by molar-refractivity contribution is -0.141. The summed E-state index contributed by atoms with van der Waals surface area (Å²) in [6, 6.07) is 9.36. The first-order chi connectivity index (χ1) is 14.4. The van der Waals surface area contributed by atoms with Crippen molar-refractivity contribution in [2.45, 2.75) is 26.8 Å². The van der Waals surface area contributed by atoms with E-state index in [0.717, 1.165) is 26.9 Å². The van der Waals surface area contributed by atoms with Crippen molar-refractivity contribution in [3.63, 3.8) is 0 Å². The summed E-state index contributed by atoms with van der Waals surface area (Å²) in [5, 5.41) is 0. The van der Waals surface area contributed by atoms with Crippen molar-refractivity contribution in [3.05, 3.63) is 51.8 Å². The van der Waals surface area contributed by atoms with Gasteiger partial charge in [0, 0.05) is 0 Å². The summed E-state index contributed by atoms with van der Waals surface area (Å²) < 4.78 is 18.1. The van der Waals surface area contributed by atoms with Gasteiger partial charge >= 0.3 is 5.97 Å². The number of hydrogen-bond acceptors (Lipinski definition) is 6. The van der Waals surface area contributed by atoms with Crippen molar-refractivity contribution in [2.75, 3.05) is 21.3 Å². The maximum atomic E-state index is 12.7. The summed E-state index contributed by atoms with van der Waals surface area (Å²) in [7, 11) is 4.45. The van der Waals surface area contributed by atoms with Gasteiger partial charge in [-0.25, -0.2) is 0 Å². The highest BCUT2D eigenvalue weighted by Gasteiger charge is 2.14. The van der Waals surface area contributed by atoms with Gasteiger partial charge < -0.3 is 18.8 Å². The first kappa shape index (κ1) is 21.6. The van der Waals surface area contributed by atoms with E-state index in [1.165, 1.54) is 18.4 Å². The van der Waals surface area contributed by atoms with E-state index in [-0.39, 0.29) is 18.9 Å². The number of nitrogens with zero attached hydrogens (tertiary/aromatic N) is 2. The van der Waals surface area contributed by atoms with E-state index < -0.39 is 5.97 Å². The van der Waals surface area contributed by atoms with Crippen LogP contribution in [0.25, 0.3) is 10.2 Å². The first-order valence-electron chi connectivity index (χ1n) is 9.32. The fourth-order valence-electron chi connectivity index (χ4n) is 3.26. The van der Waals surface area contributed by atoms with Crippen LogP contribution in [0, 0.1) is 13.8 Å². The average molecular weight is 429 g/mol. The molecule has 0 saturated carbocycles. The van der Waals surface area contributed by atoms with Gasteiger partial charge in [0.25, 0.3) is 5.91 Å². The van der Waals surface area contributed by atoms with Gasteiger partial charge in [0.15, 0.2) is 16.3 Å². The van der Waals surface area contributed by atoms with Gasteiger partial charge in [-0.3, -0.25) is 9.59 Å². The zero-order chi connectivity index (χ0) is 21.8. The Balaban J connectivity index is 2.02. The van der Waals surface area contributed by atoms with Crippen LogP contribution in [0.15, 0.2) is 35.3 Å². The quantitative estimate of drug-likeness (QED) is 0.564. The zero-order valence-electron chi connectivity index (χ0n) is 17.6. The summed E-state index contributed by atoms with van der Waals surface area (Å²) in [4.78, 5) is 29.5. The molecule has 0 saturated heterocycles. The summed E-state index contributed by atoms with van der Waals surface area (Å²) in [5.41, 5.74) is 3.76. The van der Waals surface area contributed by atoms with Crippen molar-refractivity contribution in [2.24, 2.45) is 4.99 Å². The van der Waals surface area contributed by atoms with Crippen molar-refractivity contribution in [1.29, 1.82) is 0 Å². The summed E-state index contributed by atoms with van der Waals surface area (Å²) in [6.07, 6.45) is 0.102. The summed E-state index contributed by atoms with van der Waals surface area (Å²) in [5.74, 6) is 0.429. The highest BCUT2D eigenvalue weighted by atomic mass is 32.1. The normalized spacial score (nSPS) is 11.6. The predicted octanol–water partition coefficient (Wildman–Crippen LogP) is 3.18. The third kappa shape index (κ3) is 4.54. The Kier molecular flexibility index (Phi) is 6.56. The van der Waals surface area contributed by atoms with Crippen LogP contribution in [0.5, 0.6) is 11.5 Å². The van der Waals surface area contributed by atoms with Crippen LogP contribution < -0.4 is 14.3 Å². The van der Waals surface area contributed by atoms with Gasteiger partial charge in [0.1, 0.15) is 6.54 Å². The molecule has 0 unspecified atom stereocenters. The summed E-state index contributed by atoms with van der Waals surface area (Å²) in [6.45, 7) is 3.98. The van der Waals surface area contributed by atoms with Gasteiger partial charge in [0.05, 0.1) is 38.0 Å². The number of ether oxygens (including phenoxy) is 3. The molecule has 2 aromatic carbocycles. The Morgan fingerprint density at radius 3 is 2.43 bits per heavy atom. The molecule has 0 aliphatic heterocycles. The molecule has 7 nitrogen and oxygen atoms in total. The molecule has 1 heterocycles. The molecule has 1 aromatic heterocycles. The number of methoxy groups -OCH3 is 3. The molecular formula is C22H24N2O5S. The third-order valence-corrected chi connectivity index (χ3v) is 5.88. The lowest BCUT2D eigenvalue weighted by Gasteiger charge is -2.08. The molecule has 8 heteroatoms. The fraction of sp³-hybridized carbons (Fsp3) is 0.318. The molecule has 0 aliphatic rings. The minimum atomic E-state index is -0.400. The van der Waals surface area contributed by atoms with Crippen LogP contribution in [-0.2, 0) is 27.3 Å². The van der Waals surface area contributed by atoms with Gasteiger partial charge in [-0.2, -0.15) is 4.99 Å². The summed E-state index contributed by atoms with van der Waals surface area (Å²) >= 11 is 1.39. The van der Waals surface area contributed by atoms with Crippen LogP contribution in [-0.4, -0.2) is 37.8 Å². The lowest BCUT2D eigenvalue weighted by Crippen LogP contribution is -2.22. The van der Waals surface area contributed by atoms with Crippen molar-refractivity contribution in [3.8, 4) is 11.5 Å². The SMILES string of the molecule is COC(=O)Cn1c(=NC(=O)Cc2ccc(OC)c(OC)c2)sc2c(C)cc(C)cc21. The van der Waals surface area contributed by atoms with Gasteiger partial charge in [-0.05, 0) is 48.7 Å². The standard InChI is InChI=1S/C22H24N2O5S/c1-13-8-14(2)21-16(9-13)24(12-20(26)29-5)22(30-21)23-19(25)11-15-6-7-17(27-3)18(10-15)28-4/h6-10H,11-12H2,1-5H3. The van der Waals surface area contributed by atoms with Crippen LogP contribution >= 0.6 is 11.3 Å². The molecule has 3 rings (SSSR count). The second-order valence-corrected chi connectivity index (χ2v) is 7.83. The van der Waals surface area contributed by atoms with Crippen molar-refractivity contribution >= 4 is 33.4 Å². The maximum Gasteiger partial charge on any atom is 0.325 e. The molecule has 1 amide bonds. The molecule has 0 bridgehead atoms. The topological polar surface area (TPSA) is 79.1 Å². The monoisotopic (exact) mass is 428 g/mol. The number of carbonyl (C=O) groups excluding carboxylic acids is 2. The minimum Gasteiger partial charge on any atom is -0.493 e. The van der Waals surface area contributed by atoms with E-state index in [9.17, 15) is 9.59 Å². The number of thiazole rings is 1. The fourth-order valence-corrected chi connectivity index (χ4v) is 4.35. The lowest BCUT2D eigenvalue weighted by atomic mass is 10.1. The number of amides is 1. The van der Waals surface area contributed by atoms with E-state index in [1.807, 2.05) is 19.9 Å². The van der Waals surface area contributed by atoms with Crippen molar-refractivity contribution in [1.82, 2.24) is 4.57 Å². The Morgan fingerprint density at radius 1 is 1.03 bits per heavy atom.